The Morgan fingerprint density at radius 2 is 2.04 bits per heavy atom. The van der Waals surface area contributed by atoms with Crippen LogP contribution < -0.4 is 10.6 Å². The molecule has 0 fully saturated rings. The fraction of sp³-hybridized carbons (Fsp3) is 0.238. The van der Waals surface area contributed by atoms with Gasteiger partial charge in [0.1, 0.15) is 6.17 Å². The molecule has 27 heavy (non-hydrogen) atoms. The van der Waals surface area contributed by atoms with E-state index in [0.29, 0.717) is 10.9 Å². The number of amides is 1. The second kappa shape index (κ2) is 7.12. The summed E-state index contributed by atoms with van der Waals surface area (Å²) in [6.45, 7) is 7.91. The molecule has 0 saturated carbocycles. The molecular formula is C21H22N4OS. The van der Waals surface area contributed by atoms with E-state index in [1.807, 2.05) is 29.3 Å². The smallest absolute Gasteiger partial charge is 0.255 e. The van der Waals surface area contributed by atoms with Crippen LogP contribution in [0.2, 0.25) is 0 Å². The van der Waals surface area contributed by atoms with Gasteiger partial charge in [0.15, 0.2) is 11.2 Å². The first-order chi connectivity index (χ1) is 13.1. The van der Waals surface area contributed by atoms with Crippen molar-refractivity contribution < 1.29 is 4.79 Å². The number of amidine groups is 1. The molecule has 0 bridgehead atoms. The molecule has 0 aromatic heterocycles. The van der Waals surface area contributed by atoms with Gasteiger partial charge in [-0.05, 0) is 31.0 Å². The van der Waals surface area contributed by atoms with Crippen LogP contribution in [0.1, 0.15) is 34.5 Å². The molecule has 4 rings (SSSR count). The van der Waals surface area contributed by atoms with Gasteiger partial charge >= 0.3 is 0 Å². The number of nitrogens with one attached hydrogen (secondary N) is 2. The van der Waals surface area contributed by atoms with Crippen molar-refractivity contribution in [3.8, 4) is 0 Å². The van der Waals surface area contributed by atoms with Crippen molar-refractivity contribution >= 4 is 28.5 Å². The first-order valence-electron chi connectivity index (χ1n) is 8.92. The number of aryl methyl sites for hydroxylation is 2. The summed E-state index contributed by atoms with van der Waals surface area (Å²) in [4.78, 5) is 13.0. The number of benzene rings is 2. The predicted octanol–water partition coefficient (Wildman–Crippen LogP) is 4.09. The average molecular weight is 379 g/mol. The normalized spacial score (nSPS) is 20.7. The van der Waals surface area contributed by atoms with Crippen LogP contribution in [0.15, 0.2) is 60.2 Å². The minimum atomic E-state index is -0.458. The molecule has 2 aliphatic heterocycles. The molecule has 1 amide bonds. The lowest BCUT2D eigenvalue weighted by atomic mass is 9.95. The zero-order valence-electron chi connectivity index (χ0n) is 15.4. The highest BCUT2D eigenvalue weighted by Crippen LogP contribution is 2.43. The number of hydrazone groups is 1. The van der Waals surface area contributed by atoms with E-state index in [9.17, 15) is 4.79 Å². The van der Waals surface area contributed by atoms with Gasteiger partial charge in [0.2, 0.25) is 0 Å². The molecule has 5 nitrogen and oxygen atoms in total. The molecule has 2 aromatic carbocycles. The lowest BCUT2D eigenvalue weighted by Gasteiger charge is -2.44. The van der Waals surface area contributed by atoms with Gasteiger partial charge in [-0.3, -0.25) is 9.80 Å². The standard InChI is InChI=1S/C21H22N4OS/c1-4-11-27-21-23-20(26)18-15-7-5-6-8-17(15)22-19(25(18)24-21)16-12-13(2)9-10-14(16)3/h4-10,12,18-19,22H,1,11H2,2-3H3,(H,23,24,26). The van der Waals surface area contributed by atoms with Crippen LogP contribution >= 0.6 is 11.8 Å². The fourth-order valence-corrected chi connectivity index (χ4v) is 4.13. The minimum absolute atomic E-state index is 0.0548. The fourth-order valence-electron chi connectivity index (χ4n) is 3.53. The Bertz CT molecular complexity index is 940. The van der Waals surface area contributed by atoms with E-state index in [4.69, 9.17) is 5.10 Å². The van der Waals surface area contributed by atoms with E-state index in [1.165, 1.54) is 17.3 Å². The molecule has 0 radical (unpaired) electrons. The molecular weight excluding hydrogens is 356 g/mol. The Labute approximate surface area is 163 Å². The van der Waals surface area contributed by atoms with Gasteiger partial charge in [0.25, 0.3) is 5.91 Å². The van der Waals surface area contributed by atoms with Crippen molar-refractivity contribution in [1.29, 1.82) is 0 Å². The van der Waals surface area contributed by atoms with E-state index < -0.39 is 6.04 Å². The molecule has 2 unspecified atom stereocenters. The molecule has 0 saturated heterocycles. The number of anilines is 1. The summed E-state index contributed by atoms with van der Waals surface area (Å²) in [6, 6.07) is 13.9. The largest absolute Gasteiger partial charge is 0.360 e. The molecule has 2 aromatic rings. The molecule has 138 valence electrons. The zero-order chi connectivity index (χ0) is 19.0. The van der Waals surface area contributed by atoms with Gasteiger partial charge in [-0.1, -0.05) is 59.8 Å². The van der Waals surface area contributed by atoms with Gasteiger partial charge in [0.05, 0.1) is 0 Å². The number of hydrogen-bond acceptors (Lipinski definition) is 5. The summed E-state index contributed by atoms with van der Waals surface area (Å²) in [6.07, 6.45) is 1.59. The molecule has 0 aliphatic carbocycles. The molecule has 2 heterocycles. The second-order valence-electron chi connectivity index (χ2n) is 6.77. The van der Waals surface area contributed by atoms with Crippen molar-refractivity contribution in [2.75, 3.05) is 11.1 Å². The third-order valence-electron chi connectivity index (χ3n) is 4.83. The third-order valence-corrected chi connectivity index (χ3v) is 5.69. The molecule has 2 aliphatic rings. The summed E-state index contributed by atoms with van der Waals surface area (Å²) in [7, 11) is 0. The maximum absolute atomic E-state index is 13.0. The van der Waals surface area contributed by atoms with Crippen LogP contribution in [0.3, 0.4) is 0 Å². The summed E-state index contributed by atoms with van der Waals surface area (Å²) in [5.74, 6) is 0.635. The minimum Gasteiger partial charge on any atom is -0.360 e. The van der Waals surface area contributed by atoms with Gasteiger partial charge in [-0.15, -0.1) is 11.7 Å². The van der Waals surface area contributed by atoms with E-state index in [-0.39, 0.29) is 12.1 Å². The Balaban J connectivity index is 1.84. The monoisotopic (exact) mass is 378 g/mol. The van der Waals surface area contributed by atoms with Gasteiger partial charge in [-0.2, -0.15) is 0 Å². The lowest BCUT2D eigenvalue weighted by Crippen LogP contribution is -2.51. The van der Waals surface area contributed by atoms with Gasteiger partial charge in [-0.25, -0.2) is 0 Å². The summed E-state index contributed by atoms with van der Waals surface area (Å²) in [5, 5.41) is 13.8. The molecule has 2 atom stereocenters. The van der Waals surface area contributed by atoms with E-state index >= 15 is 0 Å². The number of carbonyl (C=O) groups is 1. The highest BCUT2D eigenvalue weighted by atomic mass is 32.2. The van der Waals surface area contributed by atoms with Crippen LogP contribution in [0.4, 0.5) is 5.69 Å². The van der Waals surface area contributed by atoms with Crippen molar-refractivity contribution in [2.45, 2.75) is 26.1 Å². The topological polar surface area (TPSA) is 56.7 Å². The maximum atomic E-state index is 13.0. The first kappa shape index (κ1) is 17.7. The average Bonchev–Trinajstić information content (AvgIpc) is 2.67. The number of carbonyl (C=O) groups excluding carboxylic acids is 1. The van der Waals surface area contributed by atoms with Gasteiger partial charge < -0.3 is 10.6 Å². The first-order valence-corrected chi connectivity index (χ1v) is 9.91. The SMILES string of the molecule is C=CCSC1=NN2C(c3cc(C)ccc3C)Nc3ccccc3C2C(=O)N1. The van der Waals surface area contributed by atoms with Crippen LogP contribution in [-0.4, -0.2) is 21.8 Å². The van der Waals surface area contributed by atoms with Crippen LogP contribution in [0.25, 0.3) is 0 Å². The quantitative estimate of drug-likeness (QED) is 0.790. The number of hydrogen-bond donors (Lipinski definition) is 2. The summed E-state index contributed by atoms with van der Waals surface area (Å²) >= 11 is 1.47. The van der Waals surface area contributed by atoms with Crippen LogP contribution in [0, 0.1) is 13.8 Å². The summed E-state index contributed by atoms with van der Waals surface area (Å²) < 4.78 is 0. The van der Waals surface area contributed by atoms with Gasteiger partial charge in [0, 0.05) is 17.0 Å². The second-order valence-corrected chi connectivity index (χ2v) is 7.78. The zero-order valence-corrected chi connectivity index (χ0v) is 16.2. The maximum Gasteiger partial charge on any atom is 0.255 e. The number of nitrogens with zero attached hydrogens (tertiary/aromatic N) is 2. The number of para-hydroxylation sites is 1. The molecule has 0 spiro atoms. The highest BCUT2D eigenvalue weighted by Gasteiger charge is 2.42. The Morgan fingerprint density at radius 3 is 2.85 bits per heavy atom. The Hall–Kier alpha value is -2.73. The number of rotatable bonds is 3. The third kappa shape index (κ3) is 3.21. The van der Waals surface area contributed by atoms with E-state index in [1.54, 1.807) is 6.08 Å². The molecule has 2 N–H and O–H groups in total. The predicted molar refractivity (Wildman–Crippen MR) is 112 cm³/mol. The molecule has 6 heteroatoms. The Morgan fingerprint density at radius 1 is 1.22 bits per heavy atom. The van der Waals surface area contributed by atoms with E-state index in [0.717, 1.165) is 22.4 Å². The van der Waals surface area contributed by atoms with Crippen molar-refractivity contribution in [2.24, 2.45) is 5.10 Å². The number of thioether (sulfide) groups is 1. The summed E-state index contributed by atoms with van der Waals surface area (Å²) in [5.41, 5.74) is 5.38. The highest BCUT2D eigenvalue weighted by molar-refractivity contribution is 8.14. The van der Waals surface area contributed by atoms with Crippen molar-refractivity contribution in [3.05, 3.63) is 77.4 Å². The number of fused-ring (bicyclic) bond motifs is 3. The van der Waals surface area contributed by atoms with Crippen LogP contribution in [-0.2, 0) is 4.79 Å². The van der Waals surface area contributed by atoms with E-state index in [2.05, 4.69) is 49.3 Å². The Kier molecular flexibility index (Phi) is 4.66. The van der Waals surface area contributed by atoms with Crippen LogP contribution in [0.5, 0.6) is 0 Å². The van der Waals surface area contributed by atoms with Crippen molar-refractivity contribution in [3.63, 3.8) is 0 Å². The van der Waals surface area contributed by atoms with Crippen molar-refractivity contribution in [1.82, 2.24) is 10.3 Å². The lowest BCUT2D eigenvalue weighted by molar-refractivity contribution is -0.127.